The summed E-state index contributed by atoms with van der Waals surface area (Å²) in [6, 6.07) is 2.45. The summed E-state index contributed by atoms with van der Waals surface area (Å²) in [6.07, 6.45) is 8.41. The van der Waals surface area contributed by atoms with Gasteiger partial charge in [0.1, 0.15) is 5.54 Å². The zero-order valence-corrected chi connectivity index (χ0v) is 14.7. The first-order valence-electron chi connectivity index (χ1n) is 8.79. The van der Waals surface area contributed by atoms with Crippen LogP contribution in [0, 0.1) is 16.7 Å². The van der Waals surface area contributed by atoms with E-state index in [9.17, 15) is 5.26 Å². The molecule has 1 rings (SSSR count). The minimum absolute atomic E-state index is 0.337. The van der Waals surface area contributed by atoms with E-state index in [0.717, 1.165) is 25.8 Å². The highest BCUT2D eigenvalue weighted by Crippen LogP contribution is 2.29. The predicted molar refractivity (Wildman–Crippen MR) is 90.2 cm³/mol. The molecule has 3 nitrogen and oxygen atoms in total. The summed E-state index contributed by atoms with van der Waals surface area (Å²) in [5, 5.41) is 12.7. The molecule has 0 aromatic carbocycles. The van der Waals surface area contributed by atoms with Gasteiger partial charge < -0.3 is 4.90 Å². The molecule has 1 N–H and O–H groups in total. The van der Waals surface area contributed by atoms with Crippen molar-refractivity contribution >= 4 is 0 Å². The minimum Gasteiger partial charge on any atom is -0.303 e. The molecule has 0 aromatic rings. The van der Waals surface area contributed by atoms with Gasteiger partial charge in [-0.25, -0.2) is 0 Å². The summed E-state index contributed by atoms with van der Waals surface area (Å²) in [5.74, 6) is 0. The lowest BCUT2D eigenvalue weighted by atomic mass is 9.85. The maximum absolute atomic E-state index is 9.33. The van der Waals surface area contributed by atoms with Crippen LogP contribution in [-0.4, -0.2) is 36.6 Å². The van der Waals surface area contributed by atoms with Crippen molar-refractivity contribution in [1.29, 1.82) is 5.26 Å². The molecule has 0 amide bonds. The number of hydrogen-bond donors (Lipinski definition) is 1. The van der Waals surface area contributed by atoms with Crippen molar-refractivity contribution < 1.29 is 0 Å². The average Bonchev–Trinajstić information content (AvgIpc) is 2.62. The molecule has 0 radical (unpaired) electrons. The number of nitrogens with one attached hydrogen (secondary N) is 1. The quantitative estimate of drug-likeness (QED) is 0.689. The van der Waals surface area contributed by atoms with Gasteiger partial charge in [0.25, 0.3) is 0 Å². The third-order valence-electron chi connectivity index (χ3n) is 4.85. The lowest BCUT2D eigenvalue weighted by Crippen LogP contribution is -2.41. The van der Waals surface area contributed by atoms with Gasteiger partial charge >= 0.3 is 0 Å². The highest BCUT2D eigenvalue weighted by Gasteiger charge is 2.24. The fraction of sp³-hybridized carbons (Fsp3) is 0.944. The molecule has 3 heteroatoms. The zero-order chi connectivity index (χ0) is 15.8. The lowest BCUT2D eigenvalue weighted by Gasteiger charge is -2.25. The van der Waals surface area contributed by atoms with Gasteiger partial charge in [0.15, 0.2) is 0 Å². The van der Waals surface area contributed by atoms with Crippen molar-refractivity contribution in [1.82, 2.24) is 10.2 Å². The summed E-state index contributed by atoms with van der Waals surface area (Å²) >= 11 is 0. The Labute approximate surface area is 132 Å². The molecule has 1 atom stereocenters. The van der Waals surface area contributed by atoms with Crippen LogP contribution in [0.2, 0.25) is 0 Å². The van der Waals surface area contributed by atoms with Crippen LogP contribution < -0.4 is 5.32 Å². The average molecular weight is 293 g/mol. The van der Waals surface area contributed by atoms with E-state index in [1.54, 1.807) is 0 Å². The molecule has 21 heavy (non-hydrogen) atoms. The van der Waals surface area contributed by atoms with E-state index < -0.39 is 0 Å². The normalized spacial score (nSPS) is 22.2. The number of likely N-dealkylation sites (tertiary alicyclic amines) is 1. The van der Waals surface area contributed by atoms with E-state index in [0.29, 0.717) is 5.41 Å². The molecule has 1 aliphatic heterocycles. The molecule has 0 aliphatic carbocycles. The summed E-state index contributed by atoms with van der Waals surface area (Å²) in [5.41, 5.74) is 0.189. The zero-order valence-electron chi connectivity index (χ0n) is 14.7. The van der Waals surface area contributed by atoms with Crippen LogP contribution in [0.15, 0.2) is 0 Å². The van der Waals surface area contributed by atoms with Crippen molar-refractivity contribution in [3.63, 3.8) is 0 Å². The monoisotopic (exact) mass is 293 g/mol. The smallest absolute Gasteiger partial charge is 0.103 e. The standard InChI is InChI=1S/C18H35N3/c1-5-12-20-18(4,16-19)10-6-7-13-21-14-8-9-17(2,3)11-15-21/h20H,5-15H2,1-4H3. The molecule has 1 saturated heterocycles. The van der Waals surface area contributed by atoms with E-state index in [1.807, 2.05) is 6.92 Å². The number of hydrogen-bond acceptors (Lipinski definition) is 3. The van der Waals surface area contributed by atoms with Crippen molar-refractivity contribution in [3.8, 4) is 6.07 Å². The Balaban J connectivity index is 2.23. The maximum Gasteiger partial charge on any atom is 0.103 e. The molecule has 1 unspecified atom stereocenters. The molecule has 0 spiro atoms. The Kier molecular flexibility index (Phi) is 7.70. The van der Waals surface area contributed by atoms with Gasteiger partial charge in [-0.2, -0.15) is 5.26 Å². The first-order valence-corrected chi connectivity index (χ1v) is 8.79. The van der Waals surface area contributed by atoms with Crippen molar-refractivity contribution in [2.24, 2.45) is 5.41 Å². The van der Waals surface area contributed by atoms with Crippen LogP contribution in [0.25, 0.3) is 0 Å². The van der Waals surface area contributed by atoms with E-state index in [1.165, 1.54) is 45.3 Å². The van der Waals surface area contributed by atoms with E-state index in [2.05, 4.69) is 37.1 Å². The SMILES string of the molecule is CCCNC(C)(C#N)CCCCN1CCCC(C)(C)CC1. The first kappa shape index (κ1) is 18.5. The Morgan fingerprint density at radius 3 is 2.67 bits per heavy atom. The van der Waals surface area contributed by atoms with Gasteiger partial charge in [0.2, 0.25) is 0 Å². The second-order valence-electron chi connectivity index (χ2n) is 7.69. The van der Waals surface area contributed by atoms with Gasteiger partial charge in [-0.05, 0) is 83.5 Å². The lowest BCUT2D eigenvalue weighted by molar-refractivity contribution is 0.254. The molecular formula is C18H35N3. The fourth-order valence-electron chi connectivity index (χ4n) is 3.10. The fourth-order valence-corrected chi connectivity index (χ4v) is 3.10. The van der Waals surface area contributed by atoms with Crippen LogP contribution in [0.1, 0.15) is 72.6 Å². The molecule has 1 fully saturated rings. The van der Waals surface area contributed by atoms with E-state index in [-0.39, 0.29) is 5.54 Å². The number of rotatable bonds is 8. The highest BCUT2D eigenvalue weighted by atomic mass is 15.1. The van der Waals surface area contributed by atoms with Crippen molar-refractivity contribution in [3.05, 3.63) is 0 Å². The van der Waals surface area contributed by atoms with Crippen molar-refractivity contribution in [2.45, 2.75) is 78.2 Å². The second-order valence-corrected chi connectivity index (χ2v) is 7.69. The third kappa shape index (κ3) is 7.29. The van der Waals surface area contributed by atoms with Crippen LogP contribution in [0.5, 0.6) is 0 Å². The molecule has 1 aliphatic rings. The van der Waals surface area contributed by atoms with Gasteiger partial charge in [-0.15, -0.1) is 0 Å². The van der Waals surface area contributed by atoms with Gasteiger partial charge in [0, 0.05) is 0 Å². The molecule has 0 aromatic heterocycles. The molecule has 1 heterocycles. The summed E-state index contributed by atoms with van der Waals surface area (Å²) in [7, 11) is 0. The Morgan fingerprint density at radius 2 is 2.00 bits per heavy atom. The van der Waals surface area contributed by atoms with Crippen LogP contribution >= 0.6 is 0 Å². The van der Waals surface area contributed by atoms with Gasteiger partial charge in [0.05, 0.1) is 6.07 Å². The van der Waals surface area contributed by atoms with Gasteiger partial charge in [-0.1, -0.05) is 20.8 Å². The second kappa shape index (κ2) is 8.76. The van der Waals surface area contributed by atoms with Crippen LogP contribution in [0.4, 0.5) is 0 Å². The topological polar surface area (TPSA) is 39.1 Å². The number of nitriles is 1. The third-order valence-corrected chi connectivity index (χ3v) is 4.85. The molecular weight excluding hydrogens is 258 g/mol. The van der Waals surface area contributed by atoms with Crippen LogP contribution in [-0.2, 0) is 0 Å². The summed E-state index contributed by atoms with van der Waals surface area (Å²) in [4.78, 5) is 2.62. The van der Waals surface area contributed by atoms with E-state index >= 15 is 0 Å². The molecule has 122 valence electrons. The predicted octanol–water partition coefficient (Wildman–Crippen LogP) is 3.95. The number of unbranched alkanes of at least 4 members (excludes halogenated alkanes) is 1. The molecule has 0 bridgehead atoms. The van der Waals surface area contributed by atoms with Crippen molar-refractivity contribution in [2.75, 3.05) is 26.2 Å². The Hall–Kier alpha value is -0.590. The Bertz CT molecular complexity index is 332. The van der Waals surface area contributed by atoms with Gasteiger partial charge in [-0.3, -0.25) is 5.32 Å². The molecule has 0 saturated carbocycles. The maximum atomic E-state index is 9.33. The summed E-state index contributed by atoms with van der Waals surface area (Å²) < 4.78 is 0. The van der Waals surface area contributed by atoms with Crippen LogP contribution in [0.3, 0.4) is 0 Å². The van der Waals surface area contributed by atoms with E-state index in [4.69, 9.17) is 0 Å². The first-order chi connectivity index (χ1) is 9.91. The minimum atomic E-state index is -0.337. The summed E-state index contributed by atoms with van der Waals surface area (Å²) in [6.45, 7) is 13.6. The number of nitrogens with zero attached hydrogens (tertiary/aromatic N) is 2. The highest BCUT2D eigenvalue weighted by molar-refractivity contribution is 5.03. The Morgan fingerprint density at radius 1 is 1.24 bits per heavy atom. The largest absolute Gasteiger partial charge is 0.303 e.